The lowest BCUT2D eigenvalue weighted by Gasteiger charge is -2.21. The summed E-state index contributed by atoms with van der Waals surface area (Å²) in [6, 6.07) is 10.4. The number of fused-ring (bicyclic) bond motifs is 1. The number of ether oxygens (including phenoxy) is 2. The van der Waals surface area contributed by atoms with Crippen LogP contribution >= 0.6 is 0 Å². The maximum atomic E-state index is 13.1. The van der Waals surface area contributed by atoms with Crippen molar-refractivity contribution in [1.29, 1.82) is 0 Å². The van der Waals surface area contributed by atoms with Crippen LogP contribution in [0, 0.1) is 5.82 Å². The van der Waals surface area contributed by atoms with Gasteiger partial charge in [-0.25, -0.2) is 4.39 Å². The summed E-state index contributed by atoms with van der Waals surface area (Å²) in [6.45, 7) is 1.83. The molecule has 0 bridgehead atoms. The number of anilines is 1. The largest absolute Gasteiger partial charge is 0.491 e. The molecule has 7 heteroatoms. The van der Waals surface area contributed by atoms with E-state index < -0.39 is 0 Å². The molecule has 0 radical (unpaired) electrons. The zero-order valence-electron chi connectivity index (χ0n) is 13.5. The number of hydrogen-bond donors (Lipinski definition) is 2. The standard InChI is InChI=1S/C18H17FN2O4/c1-11(9-24-13-5-2-4-12(19)8-13)20-18(23)14-6-3-7-15-17(14)25-10-16(22)21-15/h2-8,11H,9-10H2,1H3,(H,20,23)(H,21,22)/t11-/m0/s1. The lowest BCUT2D eigenvalue weighted by molar-refractivity contribution is -0.118. The van der Waals surface area contributed by atoms with E-state index in [9.17, 15) is 14.0 Å². The Balaban J connectivity index is 1.62. The highest BCUT2D eigenvalue weighted by molar-refractivity contribution is 6.03. The van der Waals surface area contributed by atoms with Crippen molar-refractivity contribution in [1.82, 2.24) is 5.32 Å². The third kappa shape index (κ3) is 4.06. The molecule has 25 heavy (non-hydrogen) atoms. The number of carbonyl (C=O) groups excluding carboxylic acids is 2. The predicted molar refractivity (Wildman–Crippen MR) is 89.4 cm³/mol. The van der Waals surface area contributed by atoms with Crippen LogP contribution in [0.1, 0.15) is 17.3 Å². The first-order chi connectivity index (χ1) is 12.0. The van der Waals surface area contributed by atoms with Crippen LogP contribution in [0.25, 0.3) is 0 Å². The molecule has 0 fully saturated rings. The zero-order valence-corrected chi connectivity index (χ0v) is 13.5. The van der Waals surface area contributed by atoms with Crippen LogP contribution in [0.5, 0.6) is 11.5 Å². The van der Waals surface area contributed by atoms with E-state index in [2.05, 4.69) is 10.6 Å². The molecule has 2 aromatic carbocycles. The summed E-state index contributed by atoms with van der Waals surface area (Å²) < 4.78 is 24.0. The van der Waals surface area contributed by atoms with E-state index in [0.717, 1.165) is 0 Å². The van der Waals surface area contributed by atoms with Gasteiger partial charge in [0, 0.05) is 6.07 Å². The van der Waals surface area contributed by atoms with Crippen LogP contribution in [0.15, 0.2) is 42.5 Å². The fourth-order valence-electron chi connectivity index (χ4n) is 2.41. The first kappa shape index (κ1) is 16.8. The van der Waals surface area contributed by atoms with Crippen LogP contribution in [-0.2, 0) is 4.79 Å². The average Bonchev–Trinajstić information content (AvgIpc) is 2.59. The van der Waals surface area contributed by atoms with Gasteiger partial charge in [0.1, 0.15) is 18.2 Å². The fourth-order valence-corrected chi connectivity index (χ4v) is 2.41. The number of hydrogen-bond acceptors (Lipinski definition) is 4. The van der Waals surface area contributed by atoms with Crippen molar-refractivity contribution < 1.29 is 23.5 Å². The fraction of sp³-hybridized carbons (Fsp3) is 0.222. The Morgan fingerprint density at radius 1 is 1.36 bits per heavy atom. The van der Waals surface area contributed by atoms with E-state index in [1.54, 1.807) is 37.3 Å². The van der Waals surface area contributed by atoms with E-state index in [-0.39, 0.29) is 36.9 Å². The molecule has 2 N–H and O–H groups in total. The molecule has 0 aromatic heterocycles. The topological polar surface area (TPSA) is 76.7 Å². The number of carbonyl (C=O) groups is 2. The van der Waals surface area contributed by atoms with Crippen LogP contribution in [-0.4, -0.2) is 31.1 Å². The first-order valence-corrected chi connectivity index (χ1v) is 7.78. The van der Waals surface area contributed by atoms with E-state index in [1.807, 2.05) is 0 Å². The molecule has 0 spiro atoms. The Morgan fingerprint density at radius 3 is 2.96 bits per heavy atom. The van der Waals surface area contributed by atoms with Crippen LogP contribution in [0.3, 0.4) is 0 Å². The minimum absolute atomic E-state index is 0.129. The van der Waals surface area contributed by atoms with Crippen LogP contribution in [0.2, 0.25) is 0 Å². The minimum Gasteiger partial charge on any atom is -0.491 e. The van der Waals surface area contributed by atoms with Crippen molar-refractivity contribution in [2.24, 2.45) is 0 Å². The van der Waals surface area contributed by atoms with Crippen LogP contribution in [0.4, 0.5) is 10.1 Å². The highest BCUT2D eigenvalue weighted by Gasteiger charge is 2.23. The van der Waals surface area contributed by atoms with Gasteiger partial charge in [0.15, 0.2) is 12.4 Å². The van der Waals surface area contributed by atoms with Gasteiger partial charge in [0.2, 0.25) is 0 Å². The quantitative estimate of drug-likeness (QED) is 0.873. The van der Waals surface area contributed by atoms with Gasteiger partial charge in [-0.1, -0.05) is 12.1 Å². The van der Waals surface area contributed by atoms with E-state index >= 15 is 0 Å². The first-order valence-electron chi connectivity index (χ1n) is 7.78. The molecule has 0 aliphatic carbocycles. The molecule has 1 aliphatic rings. The molecule has 3 rings (SSSR count). The lowest BCUT2D eigenvalue weighted by Crippen LogP contribution is -2.37. The van der Waals surface area contributed by atoms with Crippen molar-refractivity contribution in [3.05, 3.63) is 53.8 Å². The summed E-state index contributed by atoms with van der Waals surface area (Å²) in [5.74, 6) is -0.253. The van der Waals surface area contributed by atoms with Gasteiger partial charge in [-0.15, -0.1) is 0 Å². The smallest absolute Gasteiger partial charge is 0.262 e. The number of rotatable bonds is 5. The van der Waals surface area contributed by atoms with E-state index in [0.29, 0.717) is 22.7 Å². The van der Waals surface area contributed by atoms with Crippen molar-refractivity contribution in [3.63, 3.8) is 0 Å². The van der Waals surface area contributed by atoms with E-state index in [1.165, 1.54) is 12.1 Å². The Labute approximate surface area is 143 Å². The Hall–Kier alpha value is -3.09. The SMILES string of the molecule is C[C@@H](COc1cccc(F)c1)NC(=O)c1cccc2c1OCC(=O)N2. The predicted octanol–water partition coefficient (Wildman–Crippen LogP) is 2.35. The summed E-state index contributed by atoms with van der Waals surface area (Å²) in [5.41, 5.74) is 0.794. The number of para-hydroxylation sites is 1. The molecule has 0 saturated heterocycles. The molecular formula is C18H17FN2O4. The van der Waals surface area contributed by atoms with Crippen molar-refractivity contribution in [2.45, 2.75) is 13.0 Å². The summed E-state index contributed by atoms with van der Waals surface area (Å²) in [7, 11) is 0. The molecule has 2 aromatic rings. The maximum Gasteiger partial charge on any atom is 0.262 e. The zero-order chi connectivity index (χ0) is 17.8. The average molecular weight is 344 g/mol. The molecule has 130 valence electrons. The van der Waals surface area contributed by atoms with Gasteiger partial charge in [-0.05, 0) is 31.2 Å². The highest BCUT2D eigenvalue weighted by Crippen LogP contribution is 2.31. The van der Waals surface area contributed by atoms with Crippen LogP contribution < -0.4 is 20.1 Å². The maximum absolute atomic E-state index is 13.1. The van der Waals surface area contributed by atoms with Gasteiger partial charge in [-0.3, -0.25) is 9.59 Å². The highest BCUT2D eigenvalue weighted by atomic mass is 19.1. The third-order valence-corrected chi connectivity index (χ3v) is 3.55. The molecule has 0 saturated carbocycles. The lowest BCUT2D eigenvalue weighted by atomic mass is 10.1. The molecule has 1 aliphatic heterocycles. The third-order valence-electron chi connectivity index (χ3n) is 3.55. The second-order valence-electron chi connectivity index (χ2n) is 5.66. The van der Waals surface area contributed by atoms with Gasteiger partial charge in [0.25, 0.3) is 11.8 Å². The van der Waals surface area contributed by atoms with Gasteiger partial charge in [-0.2, -0.15) is 0 Å². The molecule has 1 heterocycles. The molecule has 1 atom stereocenters. The number of benzene rings is 2. The normalized spacial score (nSPS) is 13.9. The summed E-state index contributed by atoms with van der Waals surface area (Å²) >= 11 is 0. The van der Waals surface area contributed by atoms with Gasteiger partial charge in [0.05, 0.1) is 17.3 Å². The Kier molecular flexibility index (Phi) is 4.83. The monoisotopic (exact) mass is 344 g/mol. The second kappa shape index (κ2) is 7.21. The molecule has 0 unspecified atom stereocenters. The minimum atomic E-state index is -0.385. The van der Waals surface area contributed by atoms with Crippen molar-refractivity contribution in [2.75, 3.05) is 18.5 Å². The number of halogens is 1. The van der Waals surface area contributed by atoms with Gasteiger partial charge >= 0.3 is 0 Å². The Morgan fingerprint density at radius 2 is 2.16 bits per heavy atom. The number of amides is 2. The van der Waals surface area contributed by atoms with Gasteiger partial charge < -0.3 is 20.1 Å². The molecule has 6 nitrogen and oxygen atoms in total. The van der Waals surface area contributed by atoms with Crippen molar-refractivity contribution >= 4 is 17.5 Å². The molecule has 2 amide bonds. The number of nitrogens with one attached hydrogen (secondary N) is 2. The molecular weight excluding hydrogens is 327 g/mol. The summed E-state index contributed by atoms with van der Waals surface area (Å²) in [4.78, 5) is 23.8. The van der Waals surface area contributed by atoms with Crippen molar-refractivity contribution in [3.8, 4) is 11.5 Å². The summed E-state index contributed by atoms with van der Waals surface area (Å²) in [5, 5.41) is 5.45. The van der Waals surface area contributed by atoms with E-state index in [4.69, 9.17) is 9.47 Å². The Bertz CT molecular complexity index is 809. The second-order valence-corrected chi connectivity index (χ2v) is 5.66. The summed E-state index contributed by atoms with van der Waals surface area (Å²) in [6.07, 6.45) is 0.